The molecule has 0 radical (unpaired) electrons. The van der Waals surface area contributed by atoms with Crippen LogP contribution in [0.4, 0.5) is 0 Å². The van der Waals surface area contributed by atoms with Crippen LogP contribution in [-0.4, -0.2) is 28.9 Å². The first-order valence-corrected chi connectivity index (χ1v) is 14.0. The van der Waals surface area contributed by atoms with Gasteiger partial charge >= 0.3 is 0 Å². The lowest BCUT2D eigenvalue weighted by Gasteiger charge is -2.40. The normalized spacial score (nSPS) is 13.4. The second kappa shape index (κ2) is 10.6. The first-order chi connectivity index (χ1) is 12.7. The summed E-state index contributed by atoms with van der Waals surface area (Å²) in [5, 5.41) is 0. The van der Waals surface area contributed by atoms with Crippen molar-refractivity contribution in [3.63, 3.8) is 0 Å². The molecule has 0 unspecified atom stereocenters. The van der Waals surface area contributed by atoms with Crippen molar-refractivity contribution in [2.75, 3.05) is 6.61 Å². The quantitative estimate of drug-likeness (QED) is 0.246. The Labute approximate surface area is 167 Å². The van der Waals surface area contributed by atoms with Crippen LogP contribution < -0.4 is 0 Å². The Balaban J connectivity index is 2.85. The van der Waals surface area contributed by atoms with Crippen molar-refractivity contribution in [1.29, 1.82) is 0 Å². The van der Waals surface area contributed by atoms with E-state index < -0.39 is 18.4 Å². The minimum absolute atomic E-state index is 0.0141. The molecule has 0 aliphatic heterocycles. The highest BCUT2D eigenvalue weighted by Gasteiger charge is 2.37. The Morgan fingerprint density at radius 1 is 0.963 bits per heavy atom. The fourth-order valence-electron chi connectivity index (χ4n) is 3.23. The van der Waals surface area contributed by atoms with Crippen LogP contribution in [0.5, 0.6) is 0 Å². The van der Waals surface area contributed by atoms with Crippen LogP contribution in [0.3, 0.4) is 0 Å². The van der Waals surface area contributed by atoms with Gasteiger partial charge in [0.15, 0.2) is 8.32 Å². The maximum Gasteiger partial charge on any atom is 0.297 e. The predicted molar refractivity (Wildman–Crippen MR) is 115 cm³/mol. The van der Waals surface area contributed by atoms with Crippen LogP contribution in [0.2, 0.25) is 18.1 Å². The lowest BCUT2D eigenvalue weighted by molar-refractivity contribution is 0.0966. The third kappa shape index (κ3) is 6.56. The Hall–Kier alpha value is -0.953. The third-order valence-corrected chi connectivity index (χ3v) is 11.6. The van der Waals surface area contributed by atoms with Gasteiger partial charge in [-0.15, -0.1) is 0 Å². The number of aryl methyl sites for hydroxylation is 1. The van der Waals surface area contributed by atoms with E-state index in [9.17, 15) is 8.42 Å². The number of hydrogen-bond donors (Lipinski definition) is 0. The molecule has 0 N–H and O–H groups in total. The molecule has 1 aromatic rings. The van der Waals surface area contributed by atoms with Gasteiger partial charge in [-0.3, -0.25) is 4.18 Å². The first kappa shape index (κ1) is 24.1. The lowest BCUT2D eigenvalue weighted by atomic mass is 9.97. The fraction of sp³-hybridized carbons (Fsp3) is 0.619. The highest BCUT2D eigenvalue weighted by molar-refractivity contribution is 7.86. The highest BCUT2D eigenvalue weighted by Crippen LogP contribution is 2.33. The summed E-state index contributed by atoms with van der Waals surface area (Å²) in [4.78, 5) is 0.185. The molecule has 0 aliphatic rings. The van der Waals surface area contributed by atoms with Crippen LogP contribution in [-0.2, 0) is 18.7 Å². The second-order valence-corrected chi connectivity index (χ2v) is 13.4. The number of hydrogen-bond acceptors (Lipinski definition) is 4. The molecule has 0 aromatic heterocycles. The average molecular weight is 413 g/mol. The summed E-state index contributed by atoms with van der Waals surface area (Å²) in [6.07, 6.45) is 5.53. The maximum absolute atomic E-state index is 12.3. The van der Waals surface area contributed by atoms with Crippen molar-refractivity contribution in [1.82, 2.24) is 0 Å². The minimum atomic E-state index is -3.74. The van der Waals surface area contributed by atoms with Crippen molar-refractivity contribution >= 4 is 18.4 Å². The van der Waals surface area contributed by atoms with Crippen LogP contribution >= 0.6 is 0 Å². The molecule has 0 spiro atoms. The molecule has 0 aliphatic carbocycles. The molecule has 27 heavy (non-hydrogen) atoms. The van der Waals surface area contributed by atoms with E-state index in [1.54, 1.807) is 30.3 Å². The lowest BCUT2D eigenvalue weighted by Crippen LogP contribution is -2.46. The van der Waals surface area contributed by atoms with Crippen molar-refractivity contribution in [3.05, 3.63) is 42.0 Å². The summed E-state index contributed by atoms with van der Waals surface area (Å²) in [6.45, 7) is 12.8. The largest absolute Gasteiger partial charge is 0.408 e. The summed E-state index contributed by atoms with van der Waals surface area (Å²) in [5.41, 5.74) is 0.669. The van der Waals surface area contributed by atoms with Gasteiger partial charge in [-0.05, 0) is 50.0 Å². The van der Waals surface area contributed by atoms with E-state index in [2.05, 4.69) is 34.6 Å². The molecule has 0 heterocycles. The van der Waals surface area contributed by atoms with E-state index in [-0.39, 0.29) is 17.1 Å². The first-order valence-electron chi connectivity index (χ1n) is 10.1. The average Bonchev–Trinajstić information content (AvgIpc) is 2.69. The summed E-state index contributed by atoms with van der Waals surface area (Å²) in [6, 6.07) is 9.95. The topological polar surface area (TPSA) is 52.6 Å². The van der Waals surface area contributed by atoms with Gasteiger partial charge < -0.3 is 4.43 Å². The zero-order chi connectivity index (χ0) is 20.6. The standard InChI is InChI=1S/C21H36O4SSi/c1-7-21(8-2,25-27(9-3,10-4)11-5)17-12-18-24-26(22,23)20-15-13-19(6)14-16-20/h12-17H,7-11,18H2,1-6H3/b17-12+. The van der Waals surface area contributed by atoms with Crippen molar-refractivity contribution in [3.8, 4) is 0 Å². The molecule has 0 fully saturated rings. The van der Waals surface area contributed by atoms with Crippen LogP contribution in [0.1, 0.15) is 53.0 Å². The molecular weight excluding hydrogens is 376 g/mol. The Morgan fingerprint density at radius 3 is 1.93 bits per heavy atom. The van der Waals surface area contributed by atoms with Gasteiger partial charge in [0.1, 0.15) is 0 Å². The molecule has 0 atom stereocenters. The Kier molecular flexibility index (Phi) is 9.41. The molecule has 6 heteroatoms. The highest BCUT2D eigenvalue weighted by atomic mass is 32.2. The minimum Gasteiger partial charge on any atom is -0.408 e. The van der Waals surface area contributed by atoms with E-state index in [1.165, 1.54) is 0 Å². The van der Waals surface area contributed by atoms with Gasteiger partial charge in [0, 0.05) is 0 Å². The molecule has 154 valence electrons. The van der Waals surface area contributed by atoms with Crippen molar-refractivity contribution < 1.29 is 17.0 Å². The van der Waals surface area contributed by atoms with E-state index in [0.29, 0.717) is 0 Å². The fourth-order valence-corrected chi connectivity index (χ4v) is 7.24. The molecule has 0 saturated heterocycles. The van der Waals surface area contributed by atoms with Gasteiger partial charge in [0.2, 0.25) is 0 Å². The number of rotatable bonds is 12. The van der Waals surface area contributed by atoms with Gasteiger partial charge in [0.25, 0.3) is 10.1 Å². The molecule has 1 rings (SSSR count). The molecule has 1 aromatic carbocycles. The van der Waals surface area contributed by atoms with Crippen molar-refractivity contribution in [2.24, 2.45) is 0 Å². The second-order valence-electron chi connectivity index (χ2n) is 7.07. The SMILES string of the molecule is CCC(/C=C/COS(=O)(=O)c1ccc(C)cc1)(CC)O[Si](CC)(CC)CC. The molecule has 4 nitrogen and oxygen atoms in total. The predicted octanol–water partition coefficient (Wildman–Crippen LogP) is 5.84. The monoisotopic (exact) mass is 412 g/mol. The Bertz CT molecular complexity index is 679. The van der Waals surface area contributed by atoms with E-state index in [1.807, 2.05) is 13.0 Å². The summed E-state index contributed by atoms with van der Waals surface area (Å²) in [5.74, 6) is 0. The van der Waals surface area contributed by atoms with Gasteiger partial charge in [-0.25, -0.2) is 0 Å². The van der Waals surface area contributed by atoms with Crippen molar-refractivity contribution in [2.45, 2.75) is 83.0 Å². The zero-order valence-corrected chi connectivity index (χ0v) is 19.6. The molecule has 0 bridgehead atoms. The smallest absolute Gasteiger partial charge is 0.297 e. The third-order valence-electron chi connectivity index (χ3n) is 5.60. The van der Waals surface area contributed by atoms with E-state index in [0.717, 1.165) is 36.5 Å². The number of benzene rings is 1. The molecule has 0 amide bonds. The Morgan fingerprint density at radius 2 is 1.48 bits per heavy atom. The maximum atomic E-state index is 12.3. The van der Waals surface area contributed by atoms with E-state index >= 15 is 0 Å². The molecule has 0 saturated carbocycles. The van der Waals surface area contributed by atoms with Gasteiger partial charge in [-0.2, -0.15) is 8.42 Å². The molecular formula is C21H36O4SSi. The summed E-state index contributed by atoms with van der Waals surface area (Å²) < 4.78 is 36.5. The summed E-state index contributed by atoms with van der Waals surface area (Å²) in [7, 11) is -5.50. The van der Waals surface area contributed by atoms with Crippen LogP contribution in [0, 0.1) is 6.92 Å². The van der Waals surface area contributed by atoms with E-state index in [4.69, 9.17) is 8.61 Å². The summed E-state index contributed by atoms with van der Waals surface area (Å²) >= 11 is 0. The van der Waals surface area contributed by atoms with Crippen LogP contribution in [0.25, 0.3) is 0 Å². The van der Waals surface area contributed by atoms with Gasteiger partial charge in [0.05, 0.1) is 17.1 Å². The van der Waals surface area contributed by atoms with Crippen LogP contribution in [0.15, 0.2) is 41.3 Å². The van der Waals surface area contributed by atoms with Gasteiger partial charge in [-0.1, -0.05) is 64.5 Å². The zero-order valence-electron chi connectivity index (χ0n) is 17.7.